The third-order valence-corrected chi connectivity index (χ3v) is 7.26. The minimum absolute atomic E-state index is 0.181. The fourth-order valence-corrected chi connectivity index (χ4v) is 5.27. The topological polar surface area (TPSA) is 81.8 Å². The molecule has 2 N–H and O–H groups in total. The van der Waals surface area contributed by atoms with E-state index >= 15 is 0 Å². The maximum Gasteiger partial charge on any atom is 0.141 e. The molecule has 6 aromatic rings. The normalized spacial score (nSPS) is 15.6. The van der Waals surface area contributed by atoms with Crippen LogP contribution in [0.25, 0.3) is 32.9 Å². The zero-order valence-electron chi connectivity index (χ0n) is 21.8. The Labute approximate surface area is 230 Å². The van der Waals surface area contributed by atoms with Gasteiger partial charge in [-0.2, -0.15) is 5.10 Å². The quantitative estimate of drug-likeness (QED) is 0.287. The van der Waals surface area contributed by atoms with E-state index in [-0.39, 0.29) is 11.9 Å². The first-order valence-electron chi connectivity index (χ1n) is 13.4. The Bertz CT molecular complexity index is 1800. The fraction of sp³-hybridized carbons (Fsp3) is 0.194. The Morgan fingerprint density at radius 2 is 2.00 bits per heavy atom. The lowest BCUT2D eigenvalue weighted by molar-refractivity contribution is 0.0183. The van der Waals surface area contributed by atoms with Gasteiger partial charge in [-0.1, -0.05) is 18.2 Å². The van der Waals surface area contributed by atoms with Crippen LogP contribution < -0.4 is 10.6 Å². The van der Waals surface area contributed by atoms with Gasteiger partial charge in [0, 0.05) is 48.5 Å². The highest BCUT2D eigenvalue weighted by Crippen LogP contribution is 2.30. The zero-order chi connectivity index (χ0) is 26.9. The lowest BCUT2D eigenvalue weighted by Crippen LogP contribution is -2.40. The molecule has 3 aromatic heterocycles. The highest BCUT2D eigenvalue weighted by Gasteiger charge is 2.15. The summed E-state index contributed by atoms with van der Waals surface area (Å²) in [6.07, 6.45) is 7.84. The van der Waals surface area contributed by atoms with Crippen molar-refractivity contribution >= 4 is 33.3 Å². The molecule has 0 bridgehead atoms. The average molecular weight is 534 g/mol. The number of hydrogen-bond acceptors (Lipinski definition) is 6. The van der Waals surface area contributed by atoms with E-state index in [1.807, 2.05) is 41.2 Å². The van der Waals surface area contributed by atoms with Crippen molar-refractivity contribution in [2.24, 2.45) is 0 Å². The number of rotatable bonds is 7. The molecule has 0 radical (unpaired) electrons. The summed E-state index contributed by atoms with van der Waals surface area (Å²) in [6.45, 7) is 3.85. The lowest BCUT2D eigenvalue weighted by atomic mass is 10.1. The van der Waals surface area contributed by atoms with Gasteiger partial charge < -0.3 is 19.9 Å². The summed E-state index contributed by atoms with van der Waals surface area (Å²) in [6, 6.07) is 21.1. The smallest absolute Gasteiger partial charge is 0.141 e. The van der Waals surface area contributed by atoms with Gasteiger partial charge in [-0.05, 0) is 65.2 Å². The van der Waals surface area contributed by atoms with Gasteiger partial charge in [0.05, 0.1) is 36.5 Å². The lowest BCUT2D eigenvalue weighted by Gasteiger charge is -2.23. The van der Waals surface area contributed by atoms with Gasteiger partial charge in [-0.15, -0.1) is 0 Å². The molecule has 3 aromatic carbocycles. The summed E-state index contributed by atoms with van der Waals surface area (Å²) in [5.74, 6) is 0.490. The number of anilines is 2. The van der Waals surface area contributed by atoms with Gasteiger partial charge in [0.15, 0.2) is 0 Å². The Kier molecular flexibility index (Phi) is 6.43. The molecule has 4 heterocycles. The largest absolute Gasteiger partial charge is 0.374 e. The molecule has 1 aliphatic rings. The SMILES string of the molecule is Fc1cccc(Cn2ncc3cc(Nc4ncnc5ccc(-c6ccn(CC7CNCCO7)c6)cc45)ccc32)c1. The first-order chi connectivity index (χ1) is 19.7. The molecule has 0 saturated carbocycles. The minimum Gasteiger partial charge on any atom is -0.374 e. The number of nitrogens with one attached hydrogen (secondary N) is 2. The molecule has 1 unspecified atom stereocenters. The van der Waals surface area contributed by atoms with Gasteiger partial charge in [0.1, 0.15) is 18.0 Å². The maximum atomic E-state index is 13.6. The van der Waals surface area contributed by atoms with Crippen LogP contribution in [0.1, 0.15) is 5.56 Å². The second-order valence-corrected chi connectivity index (χ2v) is 10.1. The van der Waals surface area contributed by atoms with Crippen LogP contribution in [0.2, 0.25) is 0 Å². The van der Waals surface area contributed by atoms with Crippen LogP contribution >= 0.6 is 0 Å². The van der Waals surface area contributed by atoms with E-state index in [1.54, 1.807) is 12.4 Å². The van der Waals surface area contributed by atoms with Crippen molar-refractivity contribution in [3.63, 3.8) is 0 Å². The van der Waals surface area contributed by atoms with E-state index in [1.165, 1.54) is 12.1 Å². The van der Waals surface area contributed by atoms with E-state index in [9.17, 15) is 4.39 Å². The van der Waals surface area contributed by atoms with Crippen LogP contribution in [0.15, 0.2) is 91.6 Å². The van der Waals surface area contributed by atoms with Crippen molar-refractivity contribution in [2.45, 2.75) is 19.2 Å². The molecule has 1 saturated heterocycles. The Balaban J connectivity index is 1.13. The number of nitrogens with zero attached hydrogens (tertiary/aromatic N) is 5. The Morgan fingerprint density at radius 1 is 1.02 bits per heavy atom. The summed E-state index contributed by atoms with van der Waals surface area (Å²) in [5.41, 5.74) is 5.84. The van der Waals surface area contributed by atoms with Crippen LogP contribution in [0.5, 0.6) is 0 Å². The predicted octanol–water partition coefficient (Wildman–Crippen LogP) is 5.37. The number of hydrogen-bond donors (Lipinski definition) is 2. The van der Waals surface area contributed by atoms with Crippen molar-refractivity contribution in [2.75, 3.05) is 25.0 Å². The third-order valence-electron chi connectivity index (χ3n) is 7.26. The Morgan fingerprint density at radius 3 is 2.90 bits per heavy atom. The van der Waals surface area contributed by atoms with Crippen molar-refractivity contribution in [1.29, 1.82) is 0 Å². The van der Waals surface area contributed by atoms with Crippen molar-refractivity contribution < 1.29 is 9.13 Å². The summed E-state index contributed by atoms with van der Waals surface area (Å²) in [5, 5.41) is 13.3. The number of fused-ring (bicyclic) bond motifs is 2. The molecule has 7 rings (SSSR count). The second kappa shape index (κ2) is 10.5. The van der Waals surface area contributed by atoms with Crippen molar-refractivity contribution in [1.82, 2.24) is 29.6 Å². The summed E-state index contributed by atoms with van der Waals surface area (Å²) in [7, 11) is 0. The monoisotopic (exact) mass is 533 g/mol. The standard InChI is InChI=1S/C31H28FN7O/c32-25-3-1-2-21(12-25)17-39-30-7-5-26(13-24(30)15-36-39)37-31-28-14-22(4-6-29(28)34-20-35-31)23-8-10-38(18-23)19-27-16-33-9-11-40-27/h1-8,10,12-15,18,20,27,33H,9,11,16-17,19H2,(H,34,35,37). The molecular formula is C31H28FN7O. The molecule has 8 nitrogen and oxygen atoms in total. The molecule has 200 valence electrons. The van der Waals surface area contributed by atoms with Crippen LogP contribution in [0, 0.1) is 5.82 Å². The number of morpholine rings is 1. The first kappa shape index (κ1) is 24.4. The molecule has 1 fully saturated rings. The minimum atomic E-state index is -0.246. The van der Waals surface area contributed by atoms with Crippen LogP contribution in [-0.4, -0.2) is 50.1 Å². The fourth-order valence-electron chi connectivity index (χ4n) is 5.27. The number of ether oxygens (including phenoxy) is 1. The van der Waals surface area contributed by atoms with E-state index < -0.39 is 0 Å². The maximum absolute atomic E-state index is 13.6. The van der Waals surface area contributed by atoms with Gasteiger partial charge >= 0.3 is 0 Å². The average Bonchev–Trinajstić information content (AvgIpc) is 3.60. The molecule has 1 aliphatic heterocycles. The molecule has 1 atom stereocenters. The predicted molar refractivity (Wildman–Crippen MR) is 154 cm³/mol. The number of aromatic nitrogens is 5. The highest BCUT2D eigenvalue weighted by molar-refractivity contribution is 5.94. The van der Waals surface area contributed by atoms with E-state index in [0.717, 1.165) is 76.2 Å². The zero-order valence-corrected chi connectivity index (χ0v) is 21.8. The summed E-state index contributed by atoms with van der Waals surface area (Å²) < 4.78 is 23.6. The van der Waals surface area contributed by atoms with Gasteiger partial charge in [-0.3, -0.25) is 4.68 Å². The van der Waals surface area contributed by atoms with Crippen LogP contribution in [0.4, 0.5) is 15.9 Å². The summed E-state index contributed by atoms with van der Waals surface area (Å²) >= 11 is 0. The van der Waals surface area contributed by atoms with Gasteiger partial charge in [-0.25, -0.2) is 14.4 Å². The molecular weight excluding hydrogens is 505 g/mol. The molecule has 0 amide bonds. The molecule has 0 spiro atoms. The number of halogens is 1. The third kappa shape index (κ3) is 5.04. The molecule has 9 heteroatoms. The van der Waals surface area contributed by atoms with Crippen LogP contribution in [0.3, 0.4) is 0 Å². The first-order valence-corrected chi connectivity index (χ1v) is 13.4. The highest BCUT2D eigenvalue weighted by atomic mass is 19.1. The van der Waals surface area contributed by atoms with E-state index in [4.69, 9.17) is 4.74 Å². The van der Waals surface area contributed by atoms with Crippen molar-refractivity contribution in [3.05, 3.63) is 103 Å². The molecule has 0 aliphatic carbocycles. The second-order valence-electron chi connectivity index (χ2n) is 10.1. The van der Waals surface area contributed by atoms with Crippen LogP contribution in [-0.2, 0) is 17.8 Å². The van der Waals surface area contributed by atoms with Crippen molar-refractivity contribution in [3.8, 4) is 11.1 Å². The van der Waals surface area contributed by atoms with Gasteiger partial charge in [0.25, 0.3) is 0 Å². The Hall–Kier alpha value is -4.60. The van der Waals surface area contributed by atoms with E-state index in [0.29, 0.717) is 6.54 Å². The summed E-state index contributed by atoms with van der Waals surface area (Å²) in [4.78, 5) is 9.04. The molecule has 40 heavy (non-hydrogen) atoms. The van der Waals surface area contributed by atoms with E-state index in [2.05, 4.69) is 60.9 Å². The van der Waals surface area contributed by atoms with Gasteiger partial charge in [0.2, 0.25) is 0 Å². The number of benzene rings is 3.